The maximum Gasteiger partial charge on any atom is 0.317 e. The highest BCUT2D eigenvalue weighted by atomic mass is 16.5. The van der Waals surface area contributed by atoms with E-state index in [0.717, 1.165) is 31.6 Å². The van der Waals surface area contributed by atoms with Crippen LogP contribution in [0, 0.1) is 0 Å². The molecule has 2 amide bonds. The maximum atomic E-state index is 12.6. The summed E-state index contributed by atoms with van der Waals surface area (Å²) in [5, 5.41) is 3.18. The van der Waals surface area contributed by atoms with Gasteiger partial charge in [-0.1, -0.05) is 12.1 Å². The van der Waals surface area contributed by atoms with Gasteiger partial charge in [0.05, 0.1) is 19.3 Å². The molecule has 5 nitrogen and oxygen atoms in total. The van der Waals surface area contributed by atoms with Gasteiger partial charge in [0, 0.05) is 24.7 Å². The zero-order valence-corrected chi connectivity index (χ0v) is 14.2. The highest BCUT2D eigenvalue weighted by Gasteiger charge is 2.28. The number of carbonyl (C=O) groups is 1. The molecule has 23 heavy (non-hydrogen) atoms. The summed E-state index contributed by atoms with van der Waals surface area (Å²) in [5.41, 5.74) is 2.41. The molecule has 0 saturated carbocycles. The van der Waals surface area contributed by atoms with Gasteiger partial charge in [0.15, 0.2) is 0 Å². The van der Waals surface area contributed by atoms with Crippen LogP contribution in [-0.2, 0) is 17.7 Å². The molecule has 0 bridgehead atoms. The van der Waals surface area contributed by atoms with Crippen LogP contribution in [0.1, 0.15) is 37.8 Å². The molecule has 1 N–H and O–H groups in total. The van der Waals surface area contributed by atoms with Crippen molar-refractivity contribution in [2.24, 2.45) is 0 Å². The molecule has 126 valence electrons. The van der Waals surface area contributed by atoms with Crippen LogP contribution in [0.5, 0.6) is 5.75 Å². The van der Waals surface area contributed by atoms with E-state index in [4.69, 9.17) is 9.47 Å². The van der Waals surface area contributed by atoms with Gasteiger partial charge in [0.25, 0.3) is 0 Å². The second-order valence-corrected chi connectivity index (χ2v) is 6.64. The first kappa shape index (κ1) is 16.1. The molecule has 3 rings (SSSR count). The Labute approximate surface area is 137 Å². The van der Waals surface area contributed by atoms with E-state index in [0.29, 0.717) is 6.54 Å². The van der Waals surface area contributed by atoms with E-state index in [-0.39, 0.29) is 24.3 Å². The number of hydrogen-bond acceptors (Lipinski definition) is 3. The Morgan fingerprint density at radius 2 is 2.04 bits per heavy atom. The van der Waals surface area contributed by atoms with Crippen LogP contribution in [0.4, 0.5) is 4.79 Å². The number of methoxy groups -OCH3 is 1. The number of carbonyl (C=O) groups excluding carboxylic acids is 1. The summed E-state index contributed by atoms with van der Waals surface area (Å²) in [7, 11) is 1.70. The summed E-state index contributed by atoms with van der Waals surface area (Å²) in [4.78, 5) is 14.5. The van der Waals surface area contributed by atoms with Gasteiger partial charge in [-0.25, -0.2) is 4.79 Å². The van der Waals surface area contributed by atoms with Crippen molar-refractivity contribution in [3.63, 3.8) is 0 Å². The predicted octanol–water partition coefficient (Wildman–Crippen LogP) is 2.72. The molecular weight excluding hydrogens is 292 g/mol. The predicted molar refractivity (Wildman–Crippen MR) is 88.7 cm³/mol. The minimum absolute atomic E-state index is 0.0322. The minimum Gasteiger partial charge on any atom is -0.496 e. The van der Waals surface area contributed by atoms with E-state index in [1.807, 2.05) is 17.0 Å². The molecule has 1 saturated heterocycles. The lowest BCUT2D eigenvalue weighted by molar-refractivity contribution is -0.0407. The van der Waals surface area contributed by atoms with E-state index >= 15 is 0 Å². The van der Waals surface area contributed by atoms with Gasteiger partial charge in [0.1, 0.15) is 5.75 Å². The summed E-state index contributed by atoms with van der Waals surface area (Å²) in [6.07, 6.45) is 3.02. The Morgan fingerprint density at radius 1 is 1.30 bits per heavy atom. The zero-order valence-electron chi connectivity index (χ0n) is 14.2. The van der Waals surface area contributed by atoms with E-state index in [1.165, 1.54) is 11.1 Å². The van der Waals surface area contributed by atoms with Gasteiger partial charge >= 0.3 is 6.03 Å². The van der Waals surface area contributed by atoms with Gasteiger partial charge in [-0.2, -0.15) is 0 Å². The summed E-state index contributed by atoms with van der Waals surface area (Å²) in [6, 6.07) is 6.29. The number of nitrogens with zero attached hydrogens (tertiary/aromatic N) is 1. The van der Waals surface area contributed by atoms with Crippen LogP contribution in [0.3, 0.4) is 0 Å². The van der Waals surface area contributed by atoms with Gasteiger partial charge in [-0.3, -0.25) is 0 Å². The van der Waals surface area contributed by atoms with E-state index in [2.05, 4.69) is 25.2 Å². The summed E-state index contributed by atoms with van der Waals surface area (Å²) < 4.78 is 11.2. The van der Waals surface area contributed by atoms with Crippen LogP contribution in [-0.4, -0.2) is 42.8 Å². The number of benzene rings is 1. The van der Waals surface area contributed by atoms with Crippen LogP contribution < -0.4 is 10.1 Å². The zero-order chi connectivity index (χ0) is 16.4. The lowest BCUT2D eigenvalue weighted by Gasteiger charge is -2.35. The fraction of sp³-hybridized carbons (Fsp3) is 0.611. The van der Waals surface area contributed by atoms with E-state index in [1.54, 1.807) is 7.11 Å². The lowest BCUT2D eigenvalue weighted by Crippen LogP contribution is -2.50. The monoisotopic (exact) mass is 318 g/mol. The standard InChI is InChI=1S/C18H26N2O3/c1-12-9-15(10-13(2)23-12)19-18(21)20-8-7-16-14(11-20)5-4-6-17(16)22-3/h4-6,12-13,15H,7-11H2,1-3H3,(H,19,21)/t12-,13-/m0/s1. The third-order valence-corrected chi connectivity index (χ3v) is 4.76. The van der Waals surface area contributed by atoms with Crippen molar-refractivity contribution in [3.05, 3.63) is 29.3 Å². The number of urea groups is 1. The maximum absolute atomic E-state index is 12.6. The quantitative estimate of drug-likeness (QED) is 0.912. The number of ether oxygens (including phenoxy) is 2. The minimum atomic E-state index is 0.0322. The van der Waals surface area contributed by atoms with Crippen molar-refractivity contribution in [3.8, 4) is 5.75 Å². The Kier molecular flexibility index (Phi) is 4.76. The number of fused-ring (bicyclic) bond motifs is 1. The average Bonchev–Trinajstić information content (AvgIpc) is 2.52. The van der Waals surface area contributed by atoms with Crippen LogP contribution in [0.25, 0.3) is 0 Å². The van der Waals surface area contributed by atoms with Crippen molar-refractivity contribution in [1.82, 2.24) is 10.2 Å². The fourth-order valence-corrected chi connectivity index (χ4v) is 3.73. The molecule has 0 spiro atoms. The second kappa shape index (κ2) is 6.79. The molecular formula is C18H26N2O3. The SMILES string of the molecule is COc1cccc2c1CCN(C(=O)NC1C[C@H](C)O[C@@H](C)C1)C2. The molecule has 5 heteroatoms. The summed E-state index contributed by atoms with van der Waals surface area (Å²) in [6.45, 7) is 5.51. The van der Waals surface area contributed by atoms with Crippen molar-refractivity contribution >= 4 is 6.03 Å². The number of hydrogen-bond donors (Lipinski definition) is 1. The van der Waals surface area contributed by atoms with Crippen LogP contribution in [0.2, 0.25) is 0 Å². The number of nitrogens with one attached hydrogen (secondary N) is 1. The molecule has 2 aliphatic rings. The first-order valence-electron chi connectivity index (χ1n) is 8.42. The Hall–Kier alpha value is -1.75. The number of rotatable bonds is 2. The first-order chi connectivity index (χ1) is 11.1. The van der Waals surface area contributed by atoms with Crippen molar-refractivity contribution < 1.29 is 14.3 Å². The van der Waals surface area contributed by atoms with Crippen molar-refractivity contribution in [2.75, 3.05) is 13.7 Å². The van der Waals surface area contributed by atoms with Crippen molar-refractivity contribution in [2.45, 2.75) is 57.9 Å². The van der Waals surface area contributed by atoms with Gasteiger partial charge in [-0.15, -0.1) is 0 Å². The van der Waals surface area contributed by atoms with Crippen LogP contribution >= 0.6 is 0 Å². The average molecular weight is 318 g/mol. The Morgan fingerprint density at radius 3 is 2.74 bits per heavy atom. The molecule has 2 aliphatic heterocycles. The first-order valence-corrected chi connectivity index (χ1v) is 8.42. The Bertz CT molecular complexity index is 565. The molecule has 1 aromatic carbocycles. The fourth-order valence-electron chi connectivity index (χ4n) is 3.73. The molecule has 1 aromatic rings. The van der Waals surface area contributed by atoms with E-state index < -0.39 is 0 Å². The molecule has 2 atom stereocenters. The molecule has 1 fully saturated rings. The normalized spacial score (nSPS) is 27.3. The topological polar surface area (TPSA) is 50.8 Å². The highest BCUT2D eigenvalue weighted by molar-refractivity contribution is 5.75. The lowest BCUT2D eigenvalue weighted by atomic mass is 9.98. The highest BCUT2D eigenvalue weighted by Crippen LogP contribution is 2.28. The smallest absolute Gasteiger partial charge is 0.317 e. The van der Waals surface area contributed by atoms with Gasteiger partial charge in [0.2, 0.25) is 0 Å². The summed E-state index contributed by atoms with van der Waals surface area (Å²) >= 11 is 0. The van der Waals surface area contributed by atoms with Gasteiger partial charge < -0.3 is 19.7 Å². The molecule has 0 aliphatic carbocycles. The molecule has 0 radical (unpaired) electrons. The number of amides is 2. The Balaban J connectivity index is 1.63. The molecule has 2 heterocycles. The van der Waals surface area contributed by atoms with Crippen LogP contribution in [0.15, 0.2) is 18.2 Å². The second-order valence-electron chi connectivity index (χ2n) is 6.64. The third kappa shape index (κ3) is 3.61. The summed E-state index contributed by atoms with van der Waals surface area (Å²) in [5.74, 6) is 0.926. The van der Waals surface area contributed by atoms with Crippen molar-refractivity contribution in [1.29, 1.82) is 0 Å². The van der Waals surface area contributed by atoms with Gasteiger partial charge in [-0.05, 0) is 44.7 Å². The largest absolute Gasteiger partial charge is 0.496 e. The van der Waals surface area contributed by atoms with E-state index in [9.17, 15) is 4.79 Å². The third-order valence-electron chi connectivity index (χ3n) is 4.76. The molecule has 0 unspecified atom stereocenters. The molecule has 0 aromatic heterocycles.